The molecule has 0 amide bonds. The second kappa shape index (κ2) is 8.14. The number of rotatable bonds is 7. The molecule has 0 nitrogen and oxygen atoms in total. The van der Waals surface area contributed by atoms with Crippen molar-refractivity contribution < 1.29 is 0 Å². The summed E-state index contributed by atoms with van der Waals surface area (Å²) >= 11 is 9.54. The van der Waals surface area contributed by atoms with Crippen molar-refractivity contribution in [1.29, 1.82) is 0 Å². The summed E-state index contributed by atoms with van der Waals surface area (Å²) < 4.78 is 1.19. The lowest BCUT2D eigenvalue weighted by atomic mass is 10.1. The molecule has 0 fully saturated rings. The van der Waals surface area contributed by atoms with Gasteiger partial charge in [0, 0.05) is 9.50 Å². The van der Waals surface area contributed by atoms with E-state index < -0.39 is 0 Å². The van der Waals surface area contributed by atoms with Gasteiger partial charge in [0.1, 0.15) is 0 Å². The first-order valence-corrected chi connectivity index (χ1v) is 7.35. The second-order valence-electron chi connectivity index (χ2n) is 4.25. The van der Waals surface area contributed by atoms with E-state index in [0.717, 1.165) is 11.4 Å². The van der Waals surface area contributed by atoms with Gasteiger partial charge in [-0.3, -0.25) is 0 Å². The standard InChI is InChI=1S/C14H20BrCl/c1-2-3-4-5-6-7-8-12-11-13(16)9-10-14(12)15/h9-11H,2-8H2,1H3. The Morgan fingerprint density at radius 2 is 1.75 bits per heavy atom. The van der Waals surface area contributed by atoms with Gasteiger partial charge in [0.15, 0.2) is 0 Å². The van der Waals surface area contributed by atoms with E-state index in [1.54, 1.807) is 0 Å². The summed E-state index contributed by atoms with van der Waals surface area (Å²) in [5.74, 6) is 0. The Morgan fingerprint density at radius 3 is 2.50 bits per heavy atom. The molecule has 0 bridgehead atoms. The Labute approximate surface area is 113 Å². The van der Waals surface area contributed by atoms with Crippen molar-refractivity contribution in [2.75, 3.05) is 0 Å². The summed E-state index contributed by atoms with van der Waals surface area (Å²) in [6.07, 6.45) is 9.18. The fraction of sp³-hybridized carbons (Fsp3) is 0.571. The van der Waals surface area contributed by atoms with Crippen LogP contribution in [0, 0.1) is 0 Å². The molecule has 1 aromatic rings. The predicted molar refractivity (Wildman–Crippen MR) is 76.2 cm³/mol. The molecule has 1 rings (SSSR count). The van der Waals surface area contributed by atoms with Crippen molar-refractivity contribution in [3.05, 3.63) is 33.3 Å². The molecule has 1 aromatic carbocycles. The smallest absolute Gasteiger partial charge is 0.0409 e. The molecule has 0 aromatic heterocycles. The fourth-order valence-corrected chi connectivity index (χ4v) is 2.47. The number of hydrogen-bond donors (Lipinski definition) is 0. The van der Waals surface area contributed by atoms with Crippen LogP contribution in [0.1, 0.15) is 51.0 Å². The Morgan fingerprint density at radius 1 is 1.06 bits per heavy atom. The van der Waals surface area contributed by atoms with Crippen LogP contribution in [0.3, 0.4) is 0 Å². The van der Waals surface area contributed by atoms with E-state index >= 15 is 0 Å². The van der Waals surface area contributed by atoms with Crippen LogP contribution in [0.2, 0.25) is 5.02 Å². The third-order valence-electron chi connectivity index (χ3n) is 2.81. The van der Waals surface area contributed by atoms with Crippen molar-refractivity contribution in [3.8, 4) is 0 Å². The maximum Gasteiger partial charge on any atom is 0.0409 e. The Hall–Kier alpha value is -0.0100. The average molecular weight is 304 g/mol. The molecule has 0 aliphatic carbocycles. The van der Waals surface area contributed by atoms with Crippen LogP contribution >= 0.6 is 27.5 Å². The SMILES string of the molecule is CCCCCCCCc1cc(Cl)ccc1Br. The molecule has 0 unspecified atom stereocenters. The van der Waals surface area contributed by atoms with E-state index in [0.29, 0.717) is 0 Å². The first-order chi connectivity index (χ1) is 7.74. The maximum absolute atomic E-state index is 5.98. The van der Waals surface area contributed by atoms with Crippen molar-refractivity contribution >= 4 is 27.5 Å². The van der Waals surface area contributed by atoms with Crippen molar-refractivity contribution in [1.82, 2.24) is 0 Å². The van der Waals surface area contributed by atoms with Crippen LogP contribution in [-0.2, 0) is 6.42 Å². The van der Waals surface area contributed by atoms with Gasteiger partial charge in [0.05, 0.1) is 0 Å². The predicted octanol–water partition coefficient (Wildman–Crippen LogP) is 6.01. The molecule has 0 N–H and O–H groups in total. The lowest BCUT2D eigenvalue weighted by molar-refractivity contribution is 0.607. The summed E-state index contributed by atoms with van der Waals surface area (Å²) in [7, 11) is 0. The lowest BCUT2D eigenvalue weighted by Crippen LogP contribution is -1.88. The number of aryl methyl sites for hydroxylation is 1. The fourth-order valence-electron chi connectivity index (χ4n) is 1.83. The van der Waals surface area contributed by atoms with Crippen molar-refractivity contribution in [3.63, 3.8) is 0 Å². The minimum absolute atomic E-state index is 0.837. The Balaban J connectivity index is 2.23. The number of hydrogen-bond acceptors (Lipinski definition) is 0. The molecular weight excluding hydrogens is 284 g/mol. The van der Waals surface area contributed by atoms with Gasteiger partial charge < -0.3 is 0 Å². The zero-order chi connectivity index (χ0) is 11.8. The van der Waals surface area contributed by atoms with Crippen LogP contribution in [0.4, 0.5) is 0 Å². The highest BCUT2D eigenvalue weighted by Gasteiger charge is 2.00. The highest BCUT2D eigenvalue weighted by atomic mass is 79.9. The molecule has 0 aliphatic heterocycles. The van der Waals surface area contributed by atoms with Gasteiger partial charge in [0.2, 0.25) is 0 Å². The van der Waals surface area contributed by atoms with E-state index in [2.05, 4.69) is 28.9 Å². The number of benzene rings is 1. The van der Waals surface area contributed by atoms with Gasteiger partial charge in [-0.05, 0) is 36.6 Å². The zero-order valence-corrected chi connectivity index (χ0v) is 12.3. The third-order valence-corrected chi connectivity index (χ3v) is 3.82. The Bertz CT molecular complexity index is 310. The summed E-state index contributed by atoms with van der Waals surface area (Å²) in [6.45, 7) is 2.25. The molecule has 0 aliphatic rings. The van der Waals surface area contributed by atoms with Crippen LogP contribution in [0.15, 0.2) is 22.7 Å². The molecule has 0 radical (unpaired) electrons. The molecule has 0 saturated carbocycles. The molecule has 2 heteroatoms. The highest BCUT2D eigenvalue weighted by Crippen LogP contribution is 2.23. The molecule has 0 atom stereocenters. The van der Waals surface area contributed by atoms with E-state index in [1.807, 2.05) is 12.1 Å². The van der Waals surface area contributed by atoms with Gasteiger partial charge in [-0.15, -0.1) is 0 Å². The van der Waals surface area contributed by atoms with E-state index in [9.17, 15) is 0 Å². The minimum Gasteiger partial charge on any atom is -0.0843 e. The number of halogens is 2. The van der Waals surface area contributed by atoms with Gasteiger partial charge in [0.25, 0.3) is 0 Å². The van der Waals surface area contributed by atoms with Gasteiger partial charge in [-0.1, -0.05) is 66.6 Å². The largest absolute Gasteiger partial charge is 0.0843 e. The molecule has 0 heterocycles. The Kier molecular flexibility index (Phi) is 7.15. The summed E-state index contributed by atoms with van der Waals surface area (Å²) in [6, 6.07) is 6.03. The van der Waals surface area contributed by atoms with Gasteiger partial charge >= 0.3 is 0 Å². The molecule has 90 valence electrons. The topological polar surface area (TPSA) is 0 Å². The van der Waals surface area contributed by atoms with E-state index in [-0.39, 0.29) is 0 Å². The highest BCUT2D eigenvalue weighted by molar-refractivity contribution is 9.10. The first-order valence-electron chi connectivity index (χ1n) is 6.18. The average Bonchev–Trinajstić information content (AvgIpc) is 2.28. The molecule has 0 spiro atoms. The van der Waals surface area contributed by atoms with Crippen molar-refractivity contribution in [2.45, 2.75) is 51.9 Å². The van der Waals surface area contributed by atoms with Crippen LogP contribution < -0.4 is 0 Å². The molecule has 0 saturated heterocycles. The monoisotopic (exact) mass is 302 g/mol. The molecule has 16 heavy (non-hydrogen) atoms. The van der Waals surface area contributed by atoms with Gasteiger partial charge in [-0.2, -0.15) is 0 Å². The normalized spacial score (nSPS) is 10.7. The number of unbranched alkanes of at least 4 members (excludes halogenated alkanes) is 5. The quantitative estimate of drug-likeness (QED) is 0.541. The van der Waals surface area contributed by atoms with Crippen molar-refractivity contribution in [2.24, 2.45) is 0 Å². The van der Waals surface area contributed by atoms with E-state index in [1.165, 1.54) is 48.6 Å². The summed E-state index contributed by atoms with van der Waals surface area (Å²) in [5.41, 5.74) is 1.34. The lowest BCUT2D eigenvalue weighted by Gasteiger charge is -2.05. The summed E-state index contributed by atoms with van der Waals surface area (Å²) in [4.78, 5) is 0. The summed E-state index contributed by atoms with van der Waals surface area (Å²) in [5, 5.41) is 0.837. The maximum atomic E-state index is 5.98. The van der Waals surface area contributed by atoms with Gasteiger partial charge in [-0.25, -0.2) is 0 Å². The minimum atomic E-state index is 0.837. The molecular formula is C14H20BrCl. The second-order valence-corrected chi connectivity index (χ2v) is 5.54. The van der Waals surface area contributed by atoms with Crippen LogP contribution in [0.5, 0.6) is 0 Å². The third kappa shape index (κ3) is 5.36. The zero-order valence-electron chi connectivity index (χ0n) is 9.94. The van der Waals surface area contributed by atoms with Crippen LogP contribution in [-0.4, -0.2) is 0 Å². The first kappa shape index (κ1) is 14.1. The van der Waals surface area contributed by atoms with Crippen LogP contribution in [0.25, 0.3) is 0 Å². The van der Waals surface area contributed by atoms with E-state index in [4.69, 9.17) is 11.6 Å².